The first-order valence-electron chi connectivity index (χ1n) is 9.53. The van der Waals surface area contributed by atoms with E-state index in [9.17, 15) is 4.79 Å². The van der Waals surface area contributed by atoms with Crippen molar-refractivity contribution in [3.05, 3.63) is 89.0 Å². The second-order valence-corrected chi connectivity index (χ2v) is 6.79. The first-order chi connectivity index (χ1) is 14.7. The summed E-state index contributed by atoms with van der Waals surface area (Å²) in [7, 11) is 4.68. The van der Waals surface area contributed by atoms with Gasteiger partial charge in [0.15, 0.2) is 23.4 Å². The number of para-hydroxylation sites is 1. The normalized spacial score (nSPS) is 16.6. The zero-order valence-corrected chi connectivity index (χ0v) is 17.0. The predicted octanol–water partition coefficient (Wildman–Crippen LogP) is 5.11. The van der Waals surface area contributed by atoms with Crippen LogP contribution >= 0.6 is 0 Å². The summed E-state index contributed by atoms with van der Waals surface area (Å²) in [6, 6.07) is 20.6. The lowest BCUT2D eigenvalue weighted by Crippen LogP contribution is -2.23. The molecule has 3 aromatic carbocycles. The predicted molar refractivity (Wildman–Crippen MR) is 115 cm³/mol. The van der Waals surface area contributed by atoms with Crippen molar-refractivity contribution in [1.29, 1.82) is 0 Å². The van der Waals surface area contributed by atoms with Crippen molar-refractivity contribution in [2.45, 2.75) is 6.10 Å². The molecule has 0 saturated heterocycles. The molecule has 1 heterocycles. The van der Waals surface area contributed by atoms with E-state index in [4.69, 9.17) is 18.9 Å². The highest BCUT2D eigenvalue weighted by Crippen LogP contribution is 2.42. The summed E-state index contributed by atoms with van der Waals surface area (Å²) in [5.74, 6) is 2.05. The number of ketones is 1. The van der Waals surface area contributed by atoms with Crippen molar-refractivity contribution in [3.8, 4) is 23.0 Å². The molecule has 0 spiro atoms. The number of carbonyl (C=O) groups is 1. The van der Waals surface area contributed by atoms with E-state index in [-0.39, 0.29) is 5.78 Å². The van der Waals surface area contributed by atoms with Gasteiger partial charge in [0, 0.05) is 5.57 Å². The molecule has 0 amide bonds. The summed E-state index contributed by atoms with van der Waals surface area (Å²) >= 11 is 0. The van der Waals surface area contributed by atoms with Gasteiger partial charge in [0.2, 0.25) is 5.75 Å². The van der Waals surface area contributed by atoms with Gasteiger partial charge in [-0.2, -0.15) is 0 Å². The van der Waals surface area contributed by atoms with E-state index >= 15 is 0 Å². The van der Waals surface area contributed by atoms with Crippen LogP contribution in [0.5, 0.6) is 23.0 Å². The smallest absolute Gasteiger partial charge is 0.203 e. The van der Waals surface area contributed by atoms with E-state index in [1.807, 2.05) is 66.7 Å². The van der Waals surface area contributed by atoms with Crippen molar-refractivity contribution in [1.82, 2.24) is 0 Å². The summed E-state index contributed by atoms with van der Waals surface area (Å²) in [5, 5.41) is 0. The monoisotopic (exact) mass is 402 g/mol. The quantitative estimate of drug-likeness (QED) is 0.555. The van der Waals surface area contributed by atoms with E-state index in [1.165, 1.54) is 0 Å². The number of hydrogen-bond donors (Lipinski definition) is 0. The molecule has 0 bridgehead atoms. The molecule has 1 aliphatic rings. The molecule has 0 radical (unpaired) electrons. The van der Waals surface area contributed by atoms with Crippen molar-refractivity contribution >= 4 is 11.9 Å². The highest BCUT2D eigenvalue weighted by Gasteiger charge is 2.32. The molecule has 0 aromatic heterocycles. The Morgan fingerprint density at radius 1 is 0.833 bits per heavy atom. The number of methoxy groups -OCH3 is 3. The van der Waals surface area contributed by atoms with Crippen LogP contribution in [0.4, 0.5) is 0 Å². The minimum atomic E-state index is -0.521. The van der Waals surface area contributed by atoms with Gasteiger partial charge in [-0.1, -0.05) is 42.5 Å². The molecular formula is C25H22O5. The van der Waals surface area contributed by atoms with Crippen LogP contribution < -0.4 is 18.9 Å². The number of hydrogen-bond acceptors (Lipinski definition) is 5. The molecule has 4 rings (SSSR count). The Bertz CT molecular complexity index is 1080. The number of ether oxygens (including phenoxy) is 4. The standard InChI is InChI=1S/C25H22O5/c1-27-21-14-16(15-22(28-2)25(21)29-3)13-19-23(26)18-11-7-8-12-20(18)30-24(19)17-9-5-4-6-10-17/h4-15,24H,1-3H3. The largest absolute Gasteiger partial charge is 0.493 e. The first kappa shape index (κ1) is 19.6. The average molecular weight is 402 g/mol. The van der Waals surface area contributed by atoms with Gasteiger partial charge < -0.3 is 18.9 Å². The molecule has 0 aliphatic carbocycles. The molecule has 5 nitrogen and oxygen atoms in total. The van der Waals surface area contributed by atoms with E-state index in [2.05, 4.69) is 0 Å². The minimum Gasteiger partial charge on any atom is -0.493 e. The summed E-state index contributed by atoms with van der Waals surface area (Å²) in [6.07, 6.45) is 1.30. The summed E-state index contributed by atoms with van der Waals surface area (Å²) in [6.45, 7) is 0. The van der Waals surface area contributed by atoms with Gasteiger partial charge in [0.25, 0.3) is 0 Å². The molecule has 1 unspecified atom stereocenters. The first-order valence-corrected chi connectivity index (χ1v) is 9.53. The fourth-order valence-electron chi connectivity index (χ4n) is 3.60. The second-order valence-electron chi connectivity index (χ2n) is 6.79. The summed E-state index contributed by atoms with van der Waals surface area (Å²) in [5.41, 5.74) is 2.73. The van der Waals surface area contributed by atoms with Crippen LogP contribution in [0.15, 0.2) is 72.3 Å². The van der Waals surface area contributed by atoms with Crippen LogP contribution in [0.3, 0.4) is 0 Å². The van der Waals surface area contributed by atoms with Crippen molar-refractivity contribution in [2.24, 2.45) is 0 Å². The van der Waals surface area contributed by atoms with E-state index < -0.39 is 6.10 Å². The topological polar surface area (TPSA) is 54.0 Å². The van der Waals surface area contributed by atoms with Gasteiger partial charge >= 0.3 is 0 Å². The Morgan fingerprint density at radius 3 is 2.10 bits per heavy atom. The summed E-state index contributed by atoms with van der Waals surface area (Å²) < 4.78 is 22.6. The Balaban J connectivity index is 1.88. The van der Waals surface area contributed by atoms with Crippen molar-refractivity contribution in [3.63, 3.8) is 0 Å². The van der Waals surface area contributed by atoms with Gasteiger partial charge in [0.05, 0.1) is 26.9 Å². The van der Waals surface area contributed by atoms with Gasteiger partial charge in [-0.05, 0) is 41.5 Å². The third-order valence-electron chi connectivity index (χ3n) is 5.03. The highest BCUT2D eigenvalue weighted by atomic mass is 16.5. The molecule has 30 heavy (non-hydrogen) atoms. The Hall–Kier alpha value is -3.73. The number of fused-ring (bicyclic) bond motifs is 1. The molecule has 0 fully saturated rings. The highest BCUT2D eigenvalue weighted by molar-refractivity contribution is 6.14. The molecule has 1 aliphatic heterocycles. The Labute approximate surface area is 175 Å². The summed E-state index contributed by atoms with van der Waals surface area (Å²) in [4.78, 5) is 13.4. The van der Waals surface area contributed by atoms with Crippen LogP contribution in [-0.2, 0) is 0 Å². The molecule has 152 valence electrons. The zero-order chi connectivity index (χ0) is 21.1. The number of Topliss-reactive ketones (excluding diaryl/α,β-unsaturated/α-hetero) is 1. The van der Waals surface area contributed by atoms with Crippen LogP contribution in [0.2, 0.25) is 0 Å². The maximum atomic E-state index is 13.4. The SMILES string of the molecule is COc1cc(C=C2C(=O)c3ccccc3OC2c2ccccc2)cc(OC)c1OC. The van der Waals surface area contributed by atoms with Crippen LogP contribution in [0.25, 0.3) is 6.08 Å². The maximum Gasteiger partial charge on any atom is 0.203 e. The van der Waals surface area contributed by atoms with Gasteiger partial charge in [-0.3, -0.25) is 4.79 Å². The van der Waals surface area contributed by atoms with Crippen molar-refractivity contribution in [2.75, 3.05) is 21.3 Å². The minimum absolute atomic E-state index is 0.0699. The molecule has 1 atom stereocenters. The maximum absolute atomic E-state index is 13.4. The van der Waals surface area contributed by atoms with Crippen molar-refractivity contribution < 1.29 is 23.7 Å². The third kappa shape index (κ3) is 3.50. The Morgan fingerprint density at radius 2 is 1.47 bits per heavy atom. The van der Waals surface area contributed by atoms with Crippen LogP contribution in [-0.4, -0.2) is 27.1 Å². The van der Waals surface area contributed by atoms with E-state index in [1.54, 1.807) is 27.4 Å². The van der Waals surface area contributed by atoms with Gasteiger partial charge in [-0.15, -0.1) is 0 Å². The lowest BCUT2D eigenvalue weighted by Gasteiger charge is -2.28. The lowest BCUT2D eigenvalue weighted by atomic mass is 9.89. The number of rotatable bonds is 5. The molecular weight excluding hydrogens is 380 g/mol. The zero-order valence-electron chi connectivity index (χ0n) is 17.0. The lowest BCUT2D eigenvalue weighted by molar-refractivity contribution is 0.0963. The molecule has 0 saturated carbocycles. The Kier molecular flexibility index (Phi) is 5.44. The fraction of sp³-hybridized carbons (Fsp3) is 0.160. The fourth-order valence-corrected chi connectivity index (χ4v) is 3.60. The number of benzene rings is 3. The molecule has 3 aromatic rings. The van der Waals surface area contributed by atoms with Gasteiger partial charge in [0.1, 0.15) is 5.75 Å². The molecule has 5 heteroatoms. The average Bonchev–Trinajstić information content (AvgIpc) is 2.80. The van der Waals surface area contributed by atoms with Crippen LogP contribution in [0.1, 0.15) is 27.6 Å². The van der Waals surface area contributed by atoms with E-state index in [0.29, 0.717) is 34.1 Å². The number of carbonyl (C=O) groups excluding carboxylic acids is 1. The molecule has 0 N–H and O–H groups in total. The third-order valence-corrected chi connectivity index (χ3v) is 5.03. The van der Waals surface area contributed by atoms with Crippen LogP contribution in [0, 0.1) is 0 Å². The van der Waals surface area contributed by atoms with E-state index in [0.717, 1.165) is 11.1 Å². The second kappa shape index (κ2) is 8.33. The van der Waals surface area contributed by atoms with Gasteiger partial charge in [-0.25, -0.2) is 0 Å².